The van der Waals surface area contributed by atoms with Gasteiger partial charge in [-0.2, -0.15) is 0 Å². The molecule has 7 nitrogen and oxygen atoms in total. The van der Waals surface area contributed by atoms with Gasteiger partial charge in [0.1, 0.15) is 23.1 Å². The molecule has 1 aliphatic rings. The largest absolute Gasteiger partial charge is 0.507 e. The first-order chi connectivity index (χ1) is 12.2. The Morgan fingerprint density at radius 3 is 2.60 bits per heavy atom. The topological polar surface area (TPSA) is 96.5 Å². The van der Waals surface area contributed by atoms with Crippen molar-refractivity contribution in [1.82, 2.24) is 10.2 Å². The second-order valence-corrected chi connectivity index (χ2v) is 6.08. The summed E-state index contributed by atoms with van der Waals surface area (Å²) >= 11 is 1.12. The van der Waals surface area contributed by atoms with E-state index in [1.165, 1.54) is 16.7 Å². The number of amides is 1. The van der Waals surface area contributed by atoms with Crippen LogP contribution in [0.25, 0.3) is 5.76 Å². The Bertz CT molecular complexity index is 949. The molecule has 1 aliphatic heterocycles. The van der Waals surface area contributed by atoms with Crippen molar-refractivity contribution >= 4 is 33.9 Å². The lowest BCUT2D eigenvalue weighted by Gasteiger charge is -2.19. The second kappa shape index (κ2) is 5.99. The Balaban J connectivity index is 1.93. The van der Waals surface area contributed by atoms with Crippen molar-refractivity contribution in [2.75, 3.05) is 4.90 Å². The first kappa shape index (κ1) is 15.3. The minimum atomic E-state index is -0.900. The van der Waals surface area contributed by atoms with Crippen molar-refractivity contribution in [2.45, 2.75) is 6.04 Å². The van der Waals surface area contributed by atoms with Crippen molar-refractivity contribution < 1.29 is 19.1 Å². The molecule has 1 aromatic carbocycles. The van der Waals surface area contributed by atoms with E-state index in [1.807, 2.05) is 0 Å². The maximum atomic E-state index is 12.6. The third kappa shape index (κ3) is 2.43. The molecule has 3 aromatic rings. The number of benzene rings is 1. The van der Waals surface area contributed by atoms with Crippen LogP contribution >= 0.6 is 11.3 Å². The van der Waals surface area contributed by atoms with Crippen molar-refractivity contribution in [3.63, 3.8) is 0 Å². The molecule has 0 radical (unpaired) electrons. The van der Waals surface area contributed by atoms with Crippen LogP contribution < -0.4 is 4.90 Å². The average molecular weight is 353 g/mol. The monoisotopic (exact) mass is 353 g/mol. The molecule has 2 aromatic heterocycles. The Morgan fingerprint density at radius 2 is 1.96 bits per heavy atom. The summed E-state index contributed by atoms with van der Waals surface area (Å²) < 4.78 is 5.42. The second-order valence-electron chi connectivity index (χ2n) is 5.27. The van der Waals surface area contributed by atoms with E-state index in [0.717, 1.165) is 11.3 Å². The van der Waals surface area contributed by atoms with Crippen LogP contribution in [0.2, 0.25) is 0 Å². The molecule has 1 unspecified atom stereocenters. The predicted molar refractivity (Wildman–Crippen MR) is 89.8 cm³/mol. The molecule has 0 spiro atoms. The van der Waals surface area contributed by atoms with Crippen molar-refractivity contribution in [3.8, 4) is 0 Å². The fourth-order valence-corrected chi connectivity index (χ4v) is 3.35. The van der Waals surface area contributed by atoms with Crippen molar-refractivity contribution in [3.05, 3.63) is 71.1 Å². The van der Waals surface area contributed by atoms with Crippen LogP contribution in [0.4, 0.5) is 5.13 Å². The summed E-state index contributed by atoms with van der Waals surface area (Å²) in [7, 11) is 0. The lowest BCUT2D eigenvalue weighted by Crippen LogP contribution is -2.29. The number of hydrogen-bond acceptors (Lipinski definition) is 7. The van der Waals surface area contributed by atoms with Crippen LogP contribution in [0.5, 0.6) is 0 Å². The van der Waals surface area contributed by atoms with E-state index in [-0.39, 0.29) is 16.5 Å². The van der Waals surface area contributed by atoms with E-state index in [2.05, 4.69) is 10.2 Å². The number of aliphatic hydroxyl groups excluding tert-OH is 1. The van der Waals surface area contributed by atoms with Gasteiger partial charge in [0.2, 0.25) is 5.13 Å². The number of furan rings is 1. The first-order valence-electron chi connectivity index (χ1n) is 7.34. The summed E-state index contributed by atoms with van der Waals surface area (Å²) in [5.41, 5.74) is 1.86. The number of hydrogen-bond donors (Lipinski definition) is 1. The van der Waals surface area contributed by atoms with E-state index in [0.29, 0.717) is 11.3 Å². The number of rotatable bonds is 3. The molecule has 8 heteroatoms. The minimum absolute atomic E-state index is 0.0404. The highest BCUT2D eigenvalue weighted by molar-refractivity contribution is 7.13. The molecule has 1 amide bonds. The molecule has 0 saturated carbocycles. The SMILES string of the molecule is O=C1C(=O)N(c2nncs2)C(c2ccco2)/C1=C(\O)c1ccccc1. The number of Topliss-reactive ketones (excluding diaryl/α,β-unsaturated/α-hetero) is 1. The highest BCUT2D eigenvalue weighted by Gasteiger charge is 2.49. The standard InChI is InChI=1S/C17H11N3O4S/c21-14(10-5-2-1-3-6-10)12-13(11-7-4-8-24-11)20(16(23)15(12)22)17-19-18-9-25-17/h1-9,13,21H/b14-12+. The molecule has 3 heterocycles. The molecule has 124 valence electrons. The Hall–Kier alpha value is -3.26. The molecule has 0 bridgehead atoms. The summed E-state index contributed by atoms with van der Waals surface area (Å²) in [5.74, 6) is -1.48. The van der Waals surface area contributed by atoms with Gasteiger partial charge >= 0.3 is 5.91 Å². The third-order valence-corrected chi connectivity index (χ3v) is 4.55. The molecule has 25 heavy (non-hydrogen) atoms. The number of ketones is 1. The number of anilines is 1. The van der Waals surface area contributed by atoms with Gasteiger partial charge in [0.25, 0.3) is 5.78 Å². The van der Waals surface area contributed by atoms with Crippen LogP contribution in [-0.2, 0) is 9.59 Å². The zero-order valence-corrected chi connectivity index (χ0v) is 13.5. The third-order valence-electron chi connectivity index (χ3n) is 3.86. The van der Waals surface area contributed by atoms with Crippen molar-refractivity contribution in [1.29, 1.82) is 0 Å². The van der Waals surface area contributed by atoms with Crippen LogP contribution in [0.1, 0.15) is 17.4 Å². The molecule has 1 saturated heterocycles. The summed E-state index contributed by atoms with van der Waals surface area (Å²) in [5, 5.41) is 18.6. The zero-order valence-electron chi connectivity index (χ0n) is 12.7. The molecule has 4 rings (SSSR count). The predicted octanol–water partition coefficient (Wildman–Crippen LogP) is 2.76. The van der Waals surface area contributed by atoms with E-state index in [9.17, 15) is 14.7 Å². The Kier molecular flexibility index (Phi) is 3.66. The van der Waals surface area contributed by atoms with Gasteiger partial charge in [0.05, 0.1) is 11.8 Å². The van der Waals surface area contributed by atoms with E-state index >= 15 is 0 Å². The molecule has 0 aliphatic carbocycles. The van der Waals surface area contributed by atoms with Gasteiger partial charge in [-0.25, -0.2) is 0 Å². The van der Waals surface area contributed by atoms with Gasteiger partial charge in [0, 0.05) is 5.56 Å². The van der Waals surface area contributed by atoms with E-state index in [4.69, 9.17) is 4.42 Å². The lowest BCUT2D eigenvalue weighted by atomic mass is 9.99. The van der Waals surface area contributed by atoms with Gasteiger partial charge in [-0.1, -0.05) is 41.7 Å². The maximum Gasteiger partial charge on any atom is 0.302 e. The number of nitrogens with zero attached hydrogens (tertiary/aromatic N) is 3. The fourth-order valence-electron chi connectivity index (χ4n) is 2.77. The summed E-state index contributed by atoms with van der Waals surface area (Å²) in [6, 6.07) is 11.0. The normalized spacial score (nSPS) is 19.5. The van der Waals surface area contributed by atoms with Gasteiger partial charge in [0.15, 0.2) is 0 Å². The smallest absolute Gasteiger partial charge is 0.302 e. The maximum absolute atomic E-state index is 12.6. The number of aromatic nitrogens is 2. The number of carbonyl (C=O) groups excluding carboxylic acids is 2. The van der Waals surface area contributed by atoms with E-state index in [1.54, 1.807) is 42.5 Å². The number of carbonyl (C=O) groups is 2. The molecule has 1 atom stereocenters. The first-order valence-corrected chi connectivity index (χ1v) is 8.22. The lowest BCUT2D eigenvalue weighted by molar-refractivity contribution is -0.132. The van der Waals surface area contributed by atoms with Gasteiger partial charge in [-0.15, -0.1) is 10.2 Å². The van der Waals surface area contributed by atoms with Crippen LogP contribution in [0.3, 0.4) is 0 Å². The summed E-state index contributed by atoms with van der Waals surface area (Å²) in [6.07, 6.45) is 1.44. The Labute approximate surface area is 145 Å². The molecular formula is C17H11N3O4S. The number of aliphatic hydroxyl groups is 1. The minimum Gasteiger partial charge on any atom is -0.507 e. The fraction of sp³-hybridized carbons (Fsp3) is 0.0588. The quantitative estimate of drug-likeness (QED) is 0.442. The van der Waals surface area contributed by atoms with Crippen LogP contribution in [0.15, 0.2) is 64.2 Å². The molecule has 1 fully saturated rings. The zero-order chi connectivity index (χ0) is 17.4. The molecular weight excluding hydrogens is 342 g/mol. The Morgan fingerprint density at radius 1 is 1.16 bits per heavy atom. The summed E-state index contributed by atoms with van der Waals surface area (Å²) in [6.45, 7) is 0. The average Bonchev–Trinajstić information content (AvgIpc) is 3.37. The highest BCUT2D eigenvalue weighted by Crippen LogP contribution is 2.42. The van der Waals surface area contributed by atoms with E-state index < -0.39 is 17.7 Å². The van der Waals surface area contributed by atoms with Crippen LogP contribution in [0, 0.1) is 0 Å². The van der Waals surface area contributed by atoms with Gasteiger partial charge in [-0.05, 0) is 12.1 Å². The highest BCUT2D eigenvalue weighted by atomic mass is 32.1. The summed E-state index contributed by atoms with van der Waals surface area (Å²) in [4.78, 5) is 26.4. The van der Waals surface area contributed by atoms with Crippen LogP contribution in [-0.4, -0.2) is 27.0 Å². The van der Waals surface area contributed by atoms with Gasteiger partial charge in [-0.3, -0.25) is 14.5 Å². The van der Waals surface area contributed by atoms with Gasteiger partial charge < -0.3 is 9.52 Å². The van der Waals surface area contributed by atoms with Crippen molar-refractivity contribution in [2.24, 2.45) is 0 Å². The molecule has 1 N–H and O–H groups in total.